The van der Waals surface area contributed by atoms with Crippen molar-refractivity contribution in [1.29, 1.82) is 0 Å². The van der Waals surface area contributed by atoms with Crippen molar-refractivity contribution in [3.63, 3.8) is 0 Å². The summed E-state index contributed by atoms with van der Waals surface area (Å²) < 4.78 is 7.49. The summed E-state index contributed by atoms with van der Waals surface area (Å²) in [6, 6.07) is 20.5. The summed E-state index contributed by atoms with van der Waals surface area (Å²) in [7, 11) is 0. The molecule has 0 spiro atoms. The predicted octanol–water partition coefficient (Wildman–Crippen LogP) is 4.45. The summed E-state index contributed by atoms with van der Waals surface area (Å²) in [4.78, 5) is 16.6. The molecular weight excluding hydrogens is 336 g/mol. The molecule has 0 radical (unpaired) electrons. The Balaban J connectivity index is 1.89. The molecule has 0 N–H and O–H groups in total. The van der Waals surface area contributed by atoms with Gasteiger partial charge in [-0.2, -0.15) is 0 Å². The van der Waals surface area contributed by atoms with Gasteiger partial charge in [-0.1, -0.05) is 67.2 Å². The third-order valence-electron chi connectivity index (χ3n) is 4.48. The zero-order valence-electron chi connectivity index (χ0n) is 15.8. The van der Waals surface area contributed by atoms with Crippen LogP contribution in [0.4, 0.5) is 0 Å². The standard InChI is InChI=1S/C23H24N2O2/c1-17(2)23(26)27-16-22-24-21(14-19-10-6-4-7-11-19)18(3)25(22)15-20-12-8-5-9-13-20/h4-13H,1,14-16H2,2-3H3. The van der Waals surface area contributed by atoms with Crippen molar-refractivity contribution in [2.24, 2.45) is 0 Å². The van der Waals surface area contributed by atoms with Gasteiger partial charge in [0, 0.05) is 24.2 Å². The highest BCUT2D eigenvalue weighted by atomic mass is 16.5. The summed E-state index contributed by atoms with van der Waals surface area (Å²) in [6.45, 7) is 8.17. The van der Waals surface area contributed by atoms with Crippen LogP contribution in [0.5, 0.6) is 0 Å². The van der Waals surface area contributed by atoms with E-state index in [0.717, 1.165) is 23.6 Å². The highest BCUT2D eigenvalue weighted by molar-refractivity contribution is 5.86. The summed E-state index contributed by atoms with van der Waals surface area (Å²) in [5.74, 6) is 0.350. The molecule has 0 aliphatic rings. The van der Waals surface area contributed by atoms with Crippen molar-refractivity contribution in [3.05, 3.63) is 101 Å². The smallest absolute Gasteiger partial charge is 0.333 e. The van der Waals surface area contributed by atoms with Crippen LogP contribution in [-0.4, -0.2) is 15.5 Å². The van der Waals surface area contributed by atoms with Crippen LogP contribution in [0.2, 0.25) is 0 Å². The van der Waals surface area contributed by atoms with E-state index in [1.165, 1.54) is 11.1 Å². The fourth-order valence-corrected chi connectivity index (χ4v) is 2.94. The summed E-state index contributed by atoms with van der Waals surface area (Å²) in [5.41, 5.74) is 4.85. The number of rotatable bonds is 7. The van der Waals surface area contributed by atoms with E-state index in [1.807, 2.05) is 36.4 Å². The lowest BCUT2D eigenvalue weighted by atomic mass is 10.1. The molecule has 4 heteroatoms. The van der Waals surface area contributed by atoms with Crippen LogP contribution in [0.25, 0.3) is 0 Å². The second kappa shape index (κ2) is 8.49. The quantitative estimate of drug-likeness (QED) is 0.462. The number of ether oxygens (including phenoxy) is 1. The van der Waals surface area contributed by atoms with Gasteiger partial charge in [0.25, 0.3) is 0 Å². The van der Waals surface area contributed by atoms with Gasteiger partial charge in [0.1, 0.15) is 12.4 Å². The Morgan fingerprint density at radius 1 is 1.04 bits per heavy atom. The molecule has 0 bridgehead atoms. The molecule has 0 fully saturated rings. The lowest BCUT2D eigenvalue weighted by Gasteiger charge is -2.11. The highest BCUT2D eigenvalue weighted by Gasteiger charge is 2.16. The number of imidazole rings is 1. The van der Waals surface area contributed by atoms with Gasteiger partial charge in [-0.25, -0.2) is 9.78 Å². The first-order valence-corrected chi connectivity index (χ1v) is 9.00. The largest absolute Gasteiger partial charge is 0.454 e. The van der Waals surface area contributed by atoms with E-state index in [0.29, 0.717) is 12.1 Å². The maximum Gasteiger partial charge on any atom is 0.333 e. The molecule has 0 aliphatic carbocycles. The average molecular weight is 360 g/mol. The van der Waals surface area contributed by atoms with E-state index in [2.05, 4.69) is 42.3 Å². The van der Waals surface area contributed by atoms with Crippen LogP contribution in [0.3, 0.4) is 0 Å². The van der Waals surface area contributed by atoms with Gasteiger partial charge < -0.3 is 9.30 Å². The number of nitrogens with zero attached hydrogens (tertiary/aromatic N) is 2. The molecule has 1 aromatic heterocycles. The highest BCUT2D eigenvalue weighted by Crippen LogP contribution is 2.18. The van der Waals surface area contributed by atoms with Gasteiger partial charge in [-0.15, -0.1) is 0 Å². The Morgan fingerprint density at radius 2 is 1.63 bits per heavy atom. The Morgan fingerprint density at radius 3 is 2.22 bits per heavy atom. The van der Waals surface area contributed by atoms with E-state index in [1.54, 1.807) is 6.92 Å². The zero-order valence-corrected chi connectivity index (χ0v) is 15.8. The second-order valence-electron chi connectivity index (χ2n) is 6.65. The van der Waals surface area contributed by atoms with Gasteiger partial charge in [0.2, 0.25) is 0 Å². The van der Waals surface area contributed by atoms with Crippen molar-refractivity contribution in [1.82, 2.24) is 9.55 Å². The Kier molecular flexibility index (Phi) is 5.87. The molecule has 0 aliphatic heterocycles. The van der Waals surface area contributed by atoms with Gasteiger partial charge in [-0.05, 0) is 25.0 Å². The Bertz CT molecular complexity index is 928. The SMILES string of the molecule is C=C(C)C(=O)OCc1nc(Cc2ccccc2)c(C)n1Cc1ccccc1. The molecular formula is C23H24N2O2. The fourth-order valence-electron chi connectivity index (χ4n) is 2.94. The van der Waals surface area contributed by atoms with E-state index < -0.39 is 5.97 Å². The molecule has 0 atom stereocenters. The minimum atomic E-state index is -0.397. The van der Waals surface area contributed by atoms with E-state index in [4.69, 9.17) is 9.72 Å². The van der Waals surface area contributed by atoms with Crippen molar-refractivity contribution < 1.29 is 9.53 Å². The maximum atomic E-state index is 11.8. The molecule has 0 saturated heterocycles. The molecule has 0 amide bonds. The fraction of sp³-hybridized carbons (Fsp3) is 0.217. The molecule has 138 valence electrons. The molecule has 3 aromatic rings. The summed E-state index contributed by atoms with van der Waals surface area (Å²) in [6.07, 6.45) is 0.746. The minimum Gasteiger partial charge on any atom is -0.454 e. The molecule has 0 unspecified atom stereocenters. The molecule has 27 heavy (non-hydrogen) atoms. The maximum absolute atomic E-state index is 11.8. The number of carbonyl (C=O) groups excluding carboxylic acids is 1. The van der Waals surface area contributed by atoms with Gasteiger partial charge in [0.05, 0.1) is 5.69 Å². The molecule has 0 saturated carbocycles. The Labute approximate surface area is 160 Å². The van der Waals surface area contributed by atoms with Crippen LogP contribution in [0.1, 0.15) is 35.3 Å². The molecule has 1 heterocycles. The van der Waals surface area contributed by atoms with E-state index >= 15 is 0 Å². The third-order valence-corrected chi connectivity index (χ3v) is 4.48. The molecule has 2 aromatic carbocycles. The molecule has 4 nitrogen and oxygen atoms in total. The minimum absolute atomic E-state index is 0.133. The lowest BCUT2D eigenvalue weighted by Crippen LogP contribution is -2.11. The van der Waals surface area contributed by atoms with Crippen LogP contribution in [-0.2, 0) is 29.1 Å². The number of esters is 1. The topological polar surface area (TPSA) is 44.1 Å². The van der Waals surface area contributed by atoms with Crippen molar-refractivity contribution in [2.75, 3.05) is 0 Å². The monoisotopic (exact) mass is 360 g/mol. The van der Waals surface area contributed by atoms with Gasteiger partial charge in [0.15, 0.2) is 0 Å². The van der Waals surface area contributed by atoms with Crippen LogP contribution in [0, 0.1) is 6.92 Å². The summed E-state index contributed by atoms with van der Waals surface area (Å²) >= 11 is 0. The number of hydrogen-bond donors (Lipinski definition) is 0. The van der Waals surface area contributed by atoms with E-state index in [9.17, 15) is 4.79 Å². The number of hydrogen-bond acceptors (Lipinski definition) is 3. The second-order valence-corrected chi connectivity index (χ2v) is 6.65. The average Bonchev–Trinajstić information content (AvgIpc) is 2.96. The first kappa shape index (κ1) is 18.6. The van der Waals surface area contributed by atoms with Crippen LogP contribution >= 0.6 is 0 Å². The van der Waals surface area contributed by atoms with Crippen LogP contribution < -0.4 is 0 Å². The molecule has 3 rings (SSSR count). The number of carbonyl (C=O) groups is 1. The van der Waals surface area contributed by atoms with Crippen LogP contribution in [0.15, 0.2) is 72.8 Å². The summed E-state index contributed by atoms with van der Waals surface area (Å²) in [5, 5.41) is 0. The van der Waals surface area contributed by atoms with Crippen molar-refractivity contribution in [3.8, 4) is 0 Å². The first-order chi connectivity index (χ1) is 13.0. The third kappa shape index (κ3) is 4.73. The Hall–Kier alpha value is -3.14. The number of benzene rings is 2. The predicted molar refractivity (Wildman–Crippen MR) is 106 cm³/mol. The zero-order chi connectivity index (χ0) is 19.2. The normalized spacial score (nSPS) is 10.6. The van der Waals surface area contributed by atoms with Crippen molar-refractivity contribution >= 4 is 5.97 Å². The van der Waals surface area contributed by atoms with E-state index in [-0.39, 0.29) is 6.61 Å². The van der Waals surface area contributed by atoms with Crippen molar-refractivity contribution in [2.45, 2.75) is 33.4 Å². The number of aromatic nitrogens is 2. The van der Waals surface area contributed by atoms with Gasteiger partial charge in [-0.3, -0.25) is 0 Å². The lowest BCUT2D eigenvalue weighted by molar-refractivity contribution is -0.140. The first-order valence-electron chi connectivity index (χ1n) is 9.00. The van der Waals surface area contributed by atoms with Gasteiger partial charge >= 0.3 is 5.97 Å².